The molecule has 5 aromatic rings. The van der Waals surface area contributed by atoms with Crippen molar-refractivity contribution in [2.75, 3.05) is 20.8 Å². The van der Waals surface area contributed by atoms with Crippen molar-refractivity contribution < 1.29 is 27.4 Å². The van der Waals surface area contributed by atoms with Crippen molar-refractivity contribution in [2.24, 2.45) is 0 Å². The summed E-state index contributed by atoms with van der Waals surface area (Å²) in [6.45, 7) is 0.699. The number of hydrogen-bond acceptors (Lipinski definition) is 4. The first-order valence-electron chi connectivity index (χ1n) is 13.5. The van der Waals surface area contributed by atoms with E-state index in [1.54, 1.807) is 37.4 Å². The van der Waals surface area contributed by atoms with Crippen LogP contribution in [0.25, 0.3) is 21.9 Å². The Hall–Kier alpha value is -4.37. The molecule has 0 unspecified atom stereocenters. The fraction of sp³-hybridized carbons (Fsp3) is 0.176. The van der Waals surface area contributed by atoms with E-state index in [1.165, 1.54) is 12.1 Å². The van der Waals surface area contributed by atoms with Gasteiger partial charge in [-0.1, -0.05) is 52.3 Å². The van der Waals surface area contributed by atoms with E-state index >= 15 is 0 Å². The van der Waals surface area contributed by atoms with Crippen LogP contribution in [0.4, 0.5) is 13.2 Å². The van der Waals surface area contributed by atoms with Gasteiger partial charge < -0.3 is 14.4 Å². The van der Waals surface area contributed by atoms with E-state index in [0.717, 1.165) is 44.2 Å². The van der Waals surface area contributed by atoms with Crippen molar-refractivity contribution in [1.82, 2.24) is 9.88 Å². The summed E-state index contributed by atoms with van der Waals surface area (Å²) >= 11 is 3.48. The number of rotatable bonds is 9. The zero-order chi connectivity index (χ0) is 30.6. The number of hydrogen-bond donors (Lipinski definition) is 0. The number of fused-ring (bicyclic) bond motifs is 1. The van der Waals surface area contributed by atoms with Crippen LogP contribution in [0.5, 0.6) is 11.5 Å². The highest BCUT2D eigenvalue weighted by Gasteiger charge is 2.30. The molecule has 43 heavy (non-hydrogen) atoms. The number of nitrogens with zero attached hydrogens (tertiary/aromatic N) is 2. The molecule has 1 aromatic heterocycles. The number of methoxy groups -OCH3 is 2. The van der Waals surface area contributed by atoms with Crippen molar-refractivity contribution in [3.63, 3.8) is 0 Å². The molecular weight excluding hydrogens is 621 g/mol. The molecule has 1 heterocycles. The van der Waals surface area contributed by atoms with Gasteiger partial charge in [-0.25, -0.2) is 0 Å². The van der Waals surface area contributed by atoms with Crippen LogP contribution >= 0.6 is 15.9 Å². The van der Waals surface area contributed by atoms with Gasteiger partial charge >= 0.3 is 6.18 Å². The average Bonchev–Trinajstić information content (AvgIpc) is 3.01. The number of ether oxygens (including phenoxy) is 2. The van der Waals surface area contributed by atoms with E-state index in [0.29, 0.717) is 42.1 Å². The summed E-state index contributed by atoms with van der Waals surface area (Å²) in [6, 6.07) is 25.4. The molecule has 0 spiro atoms. The van der Waals surface area contributed by atoms with Crippen molar-refractivity contribution in [2.45, 2.75) is 19.1 Å². The second-order valence-electron chi connectivity index (χ2n) is 9.94. The van der Waals surface area contributed by atoms with Crippen LogP contribution in [0.2, 0.25) is 0 Å². The lowest BCUT2D eigenvalue weighted by atomic mass is 9.96. The monoisotopic (exact) mass is 648 g/mol. The van der Waals surface area contributed by atoms with Gasteiger partial charge in [0.25, 0.3) is 5.91 Å². The van der Waals surface area contributed by atoms with Gasteiger partial charge in [0.1, 0.15) is 11.5 Å². The molecule has 0 saturated heterocycles. The summed E-state index contributed by atoms with van der Waals surface area (Å²) in [7, 11) is 3.16. The molecule has 0 atom stereocenters. The Balaban J connectivity index is 1.47. The van der Waals surface area contributed by atoms with Crippen molar-refractivity contribution >= 4 is 32.6 Å². The highest BCUT2D eigenvalue weighted by atomic mass is 79.9. The zero-order valence-electron chi connectivity index (χ0n) is 23.5. The number of halogens is 4. The van der Waals surface area contributed by atoms with Gasteiger partial charge in [-0.05, 0) is 70.4 Å². The van der Waals surface area contributed by atoms with Crippen LogP contribution < -0.4 is 9.47 Å². The summed E-state index contributed by atoms with van der Waals surface area (Å²) < 4.78 is 51.1. The van der Waals surface area contributed by atoms with E-state index in [2.05, 4.69) is 20.9 Å². The predicted molar refractivity (Wildman–Crippen MR) is 164 cm³/mol. The second-order valence-corrected chi connectivity index (χ2v) is 10.9. The Morgan fingerprint density at radius 1 is 0.907 bits per heavy atom. The fourth-order valence-corrected chi connectivity index (χ4v) is 5.35. The van der Waals surface area contributed by atoms with E-state index in [4.69, 9.17) is 9.47 Å². The summed E-state index contributed by atoms with van der Waals surface area (Å²) in [4.78, 5) is 20.2. The molecule has 0 bridgehead atoms. The smallest absolute Gasteiger partial charge is 0.416 e. The number of alkyl halides is 3. The van der Waals surface area contributed by atoms with Crippen LogP contribution in [0.15, 0.2) is 102 Å². The van der Waals surface area contributed by atoms with E-state index in [1.807, 2.05) is 54.6 Å². The number of aromatic nitrogens is 1. The molecule has 5 nitrogen and oxygen atoms in total. The molecule has 0 saturated carbocycles. The van der Waals surface area contributed by atoms with E-state index in [-0.39, 0.29) is 5.91 Å². The van der Waals surface area contributed by atoms with Crippen molar-refractivity contribution in [1.29, 1.82) is 0 Å². The molecule has 4 aromatic carbocycles. The van der Waals surface area contributed by atoms with Gasteiger partial charge in [-0.3, -0.25) is 9.78 Å². The van der Waals surface area contributed by atoms with Crippen LogP contribution in [0.1, 0.15) is 27.2 Å². The molecule has 0 aliphatic rings. The van der Waals surface area contributed by atoms with E-state index in [9.17, 15) is 18.0 Å². The third-order valence-electron chi connectivity index (χ3n) is 7.21. The maximum atomic E-state index is 14.0. The Morgan fingerprint density at radius 3 is 2.40 bits per heavy atom. The molecule has 1 amide bonds. The zero-order valence-corrected chi connectivity index (χ0v) is 25.1. The molecule has 0 aliphatic carbocycles. The molecule has 0 fully saturated rings. The van der Waals surface area contributed by atoms with Gasteiger partial charge in [0.05, 0.1) is 19.8 Å². The highest BCUT2D eigenvalue weighted by molar-refractivity contribution is 9.10. The first kappa shape index (κ1) is 30.1. The number of benzene rings is 4. The molecule has 5 rings (SSSR count). The minimum atomic E-state index is -4.40. The fourth-order valence-electron chi connectivity index (χ4n) is 4.97. The quantitative estimate of drug-likeness (QED) is 0.161. The molecule has 9 heteroatoms. The van der Waals surface area contributed by atoms with Crippen molar-refractivity contribution in [3.05, 3.63) is 124 Å². The Morgan fingerprint density at radius 2 is 1.70 bits per heavy atom. The lowest BCUT2D eigenvalue weighted by Gasteiger charge is -2.24. The Bertz CT molecular complexity index is 1760. The van der Waals surface area contributed by atoms with Gasteiger partial charge in [-0.2, -0.15) is 13.2 Å². The third-order valence-corrected chi connectivity index (χ3v) is 7.70. The average molecular weight is 650 g/mol. The summed E-state index contributed by atoms with van der Waals surface area (Å²) in [5, 5.41) is 1.64. The first-order chi connectivity index (χ1) is 20.7. The summed E-state index contributed by atoms with van der Waals surface area (Å²) in [6.07, 6.45) is -2.15. The van der Waals surface area contributed by atoms with Crippen LogP contribution in [0.3, 0.4) is 0 Å². The third kappa shape index (κ3) is 7.00. The number of pyridine rings is 1. The van der Waals surface area contributed by atoms with Gasteiger partial charge in [0, 0.05) is 53.1 Å². The highest BCUT2D eigenvalue weighted by Crippen LogP contribution is 2.34. The van der Waals surface area contributed by atoms with Gasteiger partial charge in [0.15, 0.2) is 0 Å². The molecule has 0 aliphatic heterocycles. The van der Waals surface area contributed by atoms with Crippen LogP contribution in [0, 0.1) is 0 Å². The predicted octanol–water partition coefficient (Wildman–Crippen LogP) is 8.59. The lowest BCUT2D eigenvalue weighted by Crippen LogP contribution is -2.32. The molecule has 220 valence electrons. The van der Waals surface area contributed by atoms with Crippen molar-refractivity contribution in [3.8, 4) is 22.6 Å². The maximum Gasteiger partial charge on any atom is 0.416 e. The number of carbonyl (C=O) groups is 1. The largest absolute Gasteiger partial charge is 0.497 e. The lowest BCUT2D eigenvalue weighted by molar-refractivity contribution is -0.137. The Labute approximate surface area is 256 Å². The Kier molecular flexibility index (Phi) is 9.01. The first-order valence-corrected chi connectivity index (χ1v) is 14.3. The molecule has 0 N–H and O–H groups in total. The second kappa shape index (κ2) is 12.9. The minimum absolute atomic E-state index is 0.172. The maximum absolute atomic E-state index is 14.0. The number of carbonyl (C=O) groups excluding carboxylic acids is 1. The normalized spacial score (nSPS) is 11.4. The van der Waals surface area contributed by atoms with Crippen LogP contribution in [-0.4, -0.2) is 36.6 Å². The summed E-state index contributed by atoms with van der Waals surface area (Å²) in [5.74, 6) is 1.09. The summed E-state index contributed by atoms with van der Waals surface area (Å²) in [5.41, 5.74) is 2.90. The standard InChI is InChI=1S/C34H28BrF3N2O3/c1-42-29-12-8-25(32(20-29)43-2)21-40(17-15-28-19-27(35)14-16-39-28)33(41)24-9-13-31-23(18-24)4-3-5-30(31)22-6-10-26(11-7-22)34(36,37)38/h3-14,16,18-20H,15,17,21H2,1-2H3. The SMILES string of the molecule is COc1ccc(CN(CCc2cc(Br)ccn2)C(=O)c2ccc3c(-c4ccc(C(F)(F)F)cc4)cccc3c2)c(OC)c1. The topological polar surface area (TPSA) is 51.7 Å². The van der Waals surface area contributed by atoms with E-state index < -0.39 is 11.7 Å². The van der Waals surface area contributed by atoms with Crippen LogP contribution in [-0.2, 0) is 19.1 Å². The molecular formula is C34H28BrF3N2O3. The number of amides is 1. The van der Waals surface area contributed by atoms with Gasteiger partial charge in [-0.15, -0.1) is 0 Å². The van der Waals surface area contributed by atoms with Gasteiger partial charge in [0.2, 0.25) is 0 Å². The minimum Gasteiger partial charge on any atom is -0.497 e. The molecule has 0 radical (unpaired) electrons.